The average molecular weight is 917 g/mol. The second kappa shape index (κ2) is 40.4. The number of hydrogen-bond acceptors (Lipinski definition) is 11. The normalized spacial score (nSPS) is 19.9. The van der Waals surface area contributed by atoms with Gasteiger partial charge in [-0.3, -0.25) is 14.1 Å². The van der Waals surface area contributed by atoms with Gasteiger partial charge in [-0.25, -0.2) is 0 Å². The molecule has 370 valence electrons. The average Bonchev–Trinajstić information content (AvgIpc) is 3.25. The highest BCUT2D eigenvalue weighted by atomic mass is 32.2. The van der Waals surface area contributed by atoms with E-state index in [9.17, 15) is 37.9 Å². The molecule has 1 heterocycles. The highest BCUT2D eigenvalue weighted by Gasteiger charge is 2.46. The fourth-order valence-electron chi connectivity index (χ4n) is 7.83. The molecule has 1 rings (SSSR count). The molecule has 2 unspecified atom stereocenters. The van der Waals surface area contributed by atoms with Crippen molar-refractivity contribution in [3.8, 4) is 0 Å². The molecule has 4 N–H and O–H groups in total. The lowest BCUT2D eigenvalue weighted by Gasteiger charge is -2.40. The minimum atomic E-state index is -4.60. The third-order valence-electron chi connectivity index (χ3n) is 11.8. The Kier molecular flexibility index (Phi) is 37.9. The van der Waals surface area contributed by atoms with Crippen LogP contribution in [0.25, 0.3) is 0 Å². The third-order valence-corrected chi connectivity index (χ3v) is 12.5. The first-order chi connectivity index (χ1) is 30.5. The van der Waals surface area contributed by atoms with Gasteiger partial charge < -0.3 is 34.3 Å². The Morgan fingerprint density at radius 1 is 0.540 bits per heavy atom. The van der Waals surface area contributed by atoms with Gasteiger partial charge in [-0.05, 0) is 44.9 Å². The second-order valence-corrected chi connectivity index (χ2v) is 19.3. The molecule has 0 bridgehead atoms. The molecule has 0 amide bonds. The molecular formula is C50H92O12S. The van der Waals surface area contributed by atoms with E-state index >= 15 is 0 Å². The van der Waals surface area contributed by atoms with Gasteiger partial charge in [-0.2, -0.15) is 8.42 Å². The largest absolute Gasteiger partial charge is 0.462 e. The molecule has 0 aliphatic carbocycles. The van der Waals surface area contributed by atoms with Gasteiger partial charge in [-0.1, -0.05) is 192 Å². The highest BCUT2D eigenvalue weighted by Crippen LogP contribution is 2.24. The number of allylic oxidation sites excluding steroid dienone is 4. The Labute approximate surface area is 383 Å². The van der Waals surface area contributed by atoms with Crippen LogP contribution < -0.4 is 0 Å². The van der Waals surface area contributed by atoms with Crippen molar-refractivity contribution < 1.29 is 56.8 Å². The Morgan fingerprint density at radius 3 is 1.43 bits per heavy atom. The monoisotopic (exact) mass is 917 g/mol. The smallest absolute Gasteiger partial charge is 0.306 e. The van der Waals surface area contributed by atoms with Gasteiger partial charge in [0.2, 0.25) is 0 Å². The topological polar surface area (TPSA) is 186 Å². The summed E-state index contributed by atoms with van der Waals surface area (Å²) in [5.41, 5.74) is 0. The Morgan fingerprint density at radius 2 is 0.952 bits per heavy atom. The van der Waals surface area contributed by atoms with Crippen molar-refractivity contribution in [1.29, 1.82) is 0 Å². The van der Waals surface area contributed by atoms with E-state index in [1.807, 2.05) is 0 Å². The first-order valence-electron chi connectivity index (χ1n) is 25.4. The molecule has 6 atom stereocenters. The van der Waals surface area contributed by atoms with E-state index in [0.29, 0.717) is 12.8 Å². The summed E-state index contributed by atoms with van der Waals surface area (Å²) in [5, 5.41) is 31.0. The number of unbranched alkanes of at least 4 members (excludes halogenated alkanes) is 27. The summed E-state index contributed by atoms with van der Waals surface area (Å²) in [6, 6.07) is 0. The summed E-state index contributed by atoms with van der Waals surface area (Å²) in [6.07, 6.45) is 36.4. The van der Waals surface area contributed by atoms with Gasteiger partial charge in [0.25, 0.3) is 10.1 Å². The minimum Gasteiger partial charge on any atom is -0.462 e. The molecule has 0 aromatic heterocycles. The molecular weight excluding hydrogens is 825 g/mol. The molecule has 1 saturated heterocycles. The zero-order valence-electron chi connectivity index (χ0n) is 39.7. The number of rotatable bonds is 43. The van der Waals surface area contributed by atoms with Crippen molar-refractivity contribution >= 4 is 22.1 Å². The van der Waals surface area contributed by atoms with E-state index in [-0.39, 0.29) is 19.4 Å². The lowest BCUT2D eigenvalue weighted by molar-refractivity contribution is -0.297. The summed E-state index contributed by atoms with van der Waals surface area (Å²) >= 11 is 0. The van der Waals surface area contributed by atoms with E-state index in [1.165, 1.54) is 135 Å². The number of carbonyl (C=O) groups is 2. The number of ether oxygens (including phenoxy) is 4. The fraction of sp³-hybridized carbons (Fsp3) is 0.880. The molecule has 1 aliphatic heterocycles. The summed E-state index contributed by atoms with van der Waals surface area (Å²) in [4.78, 5) is 25.5. The Hall–Kier alpha value is -1.87. The van der Waals surface area contributed by atoms with Crippen molar-refractivity contribution in [1.82, 2.24) is 0 Å². The fourth-order valence-corrected chi connectivity index (χ4v) is 8.52. The number of aliphatic hydroxyl groups is 3. The van der Waals surface area contributed by atoms with Gasteiger partial charge in [0, 0.05) is 12.8 Å². The molecule has 12 nitrogen and oxygen atoms in total. The molecule has 1 fully saturated rings. The van der Waals surface area contributed by atoms with Crippen LogP contribution in [0.5, 0.6) is 0 Å². The SMILES string of the molecule is CCCCC/C=C/C/C=C/CCCCCCCCCCCC(=O)O[C@H](COC(=O)CCCCCCCCCCCCCCCCCC)CO[C@H]1O[C@H](CS(=O)(=O)O)[C@@H](O)C(O)C1O. The van der Waals surface area contributed by atoms with E-state index in [1.54, 1.807) is 0 Å². The van der Waals surface area contributed by atoms with Crippen LogP contribution in [0.1, 0.15) is 226 Å². The van der Waals surface area contributed by atoms with Gasteiger partial charge in [0.15, 0.2) is 12.4 Å². The van der Waals surface area contributed by atoms with Crippen LogP contribution in [-0.2, 0) is 38.7 Å². The van der Waals surface area contributed by atoms with Crippen molar-refractivity contribution in [3.05, 3.63) is 24.3 Å². The summed E-state index contributed by atoms with van der Waals surface area (Å²) in [7, 11) is -4.60. The zero-order valence-corrected chi connectivity index (χ0v) is 40.5. The predicted molar refractivity (Wildman–Crippen MR) is 252 cm³/mol. The van der Waals surface area contributed by atoms with E-state index in [2.05, 4.69) is 38.2 Å². The molecule has 0 spiro atoms. The maximum atomic E-state index is 12.9. The minimum absolute atomic E-state index is 0.162. The van der Waals surface area contributed by atoms with Gasteiger partial charge >= 0.3 is 11.9 Å². The molecule has 1 aliphatic rings. The van der Waals surface area contributed by atoms with Crippen molar-refractivity contribution in [3.63, 3.8) is 0 Å². The first-order valence-corrected chi connectivity index (χ1v) is 27.0. The highest BCUT2D eigenvalue weighted by molar-refractivity contribution is 7.85. The Balaban J connectivity index is 2.38. The van der Waals surface area contributed by atoms with Crippen molar-refractivity contribution in [2.75, 3.05) is 19.0 Å². The standard InChI is InChI=1S/C50H92O12S/c1-3-5-7-9-11-13-15-17-19-21-22-23-25-27-29-31-33-35-37-39-46(52)61-43(41-60-50-49(55)48(54)47(53)44(62-50)42-63(56,57)58)40-59-45(51)38-36-34-32-30-28-26-24-20-18-16-14-12-10-8-6-4-2/h11,13,17,19,43-44,47-50,53-55H,3-10,12,14-16,18,20-42H2,1-2H3,(H,56,57,58)/b13-11+,19-17+/t43-,44-,47-,48?,49?,50+/m1/s1. The second-order valence-electron chi connectivity index (χ2n) is 17.8. The lowest BCUT2D eigenvalue weighted by Crippen LogP contribution is -2.60. The number of carbonyl (C=O) groups excluding carboxylic acids is 2. The van der Waals surface area contributed by atoms with E-state index in [4.69, 9.17) is 18.9 Å². The lowest BCUT2D eigenvalue weighted by atomic mass is 10.00. The maximum Gasteiger partial charge on any atom is 0.306 e. The van der Waals surface area contributed by atoms with Crippen molar-refractivity contribution in [2.45, 2.75) is 263 Å². The van der Waals surface area contributed by atoms with Crippen LogP contribution >= 0.6 is 0 Å². The van der Waals surface area contributed by atoms with E-state index < -0.39 is 71.2 Å². The first kappa shape index (κ1) is 59.1. The maximum absolute atomic E-state index is 12.9. The van der Waals surface area contributed by atoms with Crippen LogP contribution in [-0.4, -0.2) is 96.0 Å². The molecule has 0 saturated carbocycles. The van der Waals surface area contributed by atoms with Gasteiger partial charge in [-0.15, -0.1) is 0 Å². The van der Waals surface area contributed by atoms with Crippen LogP contribution in [0.2, 0.25) is 0 Å². The molecule has 13 heteroatoms. The van der Waals surface area contributed by atoms with Crippen LogP contribution in [0.3, 0.4) is 0 Å². The van der Waals surface area contributed by atoms with Gasteiger partial charge in [0.05, 0.1) is 6.61 Å². The third kappa shape index (κ3) is 35.1. The van der Waals surface area contributed by atoms with E-state index in [0.717, 1.165) is 51.4 Å². The Bertz CT molecular complexity index is 1260. The molecule has 0 aromatic carbocycles. The number of esters is 2. The van der Waals surface area contributed by atoms with Crippen molar-refractivity contribution in [2.24, 2.45) is 0 Å². The predicted octanol–water partition coefficient (Wildman–Crippen LogP) is 11.2. The van der Waals surface area contributed by atoms with Crippen LogP contribution in [0.4, 0.5) is 0 Å². The number of aliphatic hydroxyl groups excluding tert-OH is 3. The van der Waals surface area contributed by atoms with Crippen LogP contribution in [0, 0.1) is 0 Å². The molecule has 0 aromatic rings. The number of hydrogen-bond donors (Lipinski definition) is 4. The quantitative estimate of drug-likeness (QED) is 0.0197. The molecule has 63 heavy (non-hydrogen) atoms. The van der Waals surface area contributed by atoms with Gasteiger partial charge in [0.1, 0.15) is 36.8 Å². The molecule has 0 radical (unpaired) electrons. The zero-order chi connectivity index (χ0) is 46.2. The summed E-state index contributed by atoms with van der Waals surface area (Å²) in [6.45, 7) is 3.77. The summed E-state index contributed by atoms with van der Waals surface area (Å²) in [5.74, 6) is -1.97. The van der Waals surface area contributed by atoms with Crippen LogP contribution in [0.15, 0.2) is 24.3 Å². The summed E-state index contributed by atoms with van der Waals surface area (Å²) < 4.78 is 54.2.